The van der Waals surface area contributed by atoms with Gasteiger partial charge in [-0.3, -0.25) is 4.79 Å². The molecule has 3 nitrogen and oxygen atoms in total. The third kappa shape index (κ3) is 29.7. The summed E-state index contributed by atoms with van der Waals surface area (Å²) in [4.78, 5) is 17.7. The SMILES string of the molecule is CCCCCCCCCCCCCCCCC(CCCCCCCCCCCCCCCC)C(C)C(C)C(C)C(C)C(=O)N(C)CCCCN(C)C. The quantitative estimate of drug-likeness (QED) is 0.0586. The maximum absolute atomic E-state index is 13.5. The molecule has 52 heavy (non-hydrogen) atoms. The van der Waals surface area contributed by atoms with Crippen LogP contribution in [0.4, 0.5) is 0 Å². The van der Waals surface area contributed by atoms with Gasteiger partial charge in [0.25, 0.3) is 0 Å². The van der Waals surface area contributed by atoms with Gasteiger partial charge in [-0.1, -0.05) is 234 Å². The Morgan fingerprint density at radius 1 is 0.385 bits per heavy atom. The van der Waals surface area contributed by atoms with E-state index >= 15 is 0 Å². The van der Waals surface area contributed by atoms with E-state index in [1.807, 2.05) is 11.9 Å². The van der Waals surface area contributed by atoms with Gasteiger partial charge >= 0.3 is 0 Å². The number of hydrogen-bond acceptors (Lipinski definition) is 2. The molecule has 4 atom stereocenters. The summed E-state index contributed by atoms with van der Waals surface area (Å²) < 4.78 is 0. The average Bonchev–Trinajstić information content (AvgIpc) is 3.14. The van der Waals surface area contributed by atoms with Crippen molar-refractivity contribution in [3.05, 3.63) is 0 Å². The van der Waals surface area contributed by atoms with Crippen molar-refractivity contribution in [3.8, 4) is 0 Å². The Morgan fingerprint density at radius 2 is 0.692 bits per heavy atom. The highest BCUT2D eigenvalue weighted by Crippen LogP contribution is 2.37. The molecule has 0 rings (SSSR count). The molecule has 1 amide bonds. The Balaban J connectivity index is 4.66. The molecule has 0 saturated carbocycles. The van der Waals surface area contributed by atoms with Crippen LogP contribution in [0, 0.1) is 29.6 Å². The summed E-state index contributed by atoms with van der Waals surface area (Å²) in [5.41, 5.74) is 0. The predicted molar refractivity (Wildman–Crippen MR) is 235 cm³/mol. The monoisotopic (exact) mass is 733 g/mol. The summed E-state index contributed by atoms with van der Waals surface area (Å²) in [6.45, 7) is 16.2. The van der Waals surface area contributed by atoms with Crippen LogP contribution in [-0.2, 0) is 4.79 Å². The molecule has 0 aromatic rings. The minimum absolute atomic E-state index is 0.0964. The van der Waals surface area contributed by atoms with Crippen LogP contribution in [0.25, 0.3) is 0 Å². The first-order chi connectivity index (χ1) is 25.2. The van der Waals surface area contributed by atoms with Crippen molar-refractivity contribution in [2.75, 3.05) is 34.2 Å². The smallest absolute Gasteiger partial charge is 0.225 e. The molecule has 4 unspecified atom stereocenters. The van der Waals surface area contributed by atoms with Crippen LogP contribution in [-0.4, -0.2) is 49.9 Å². The Bertz CT molecular complexity index is 705. The number of rotatable bonds is 40. The van der Waals surface area contributed by atoms with E-state index < -0.39 is 0 Å². The van der Waals surface area contributed by atoms with Gasteiger partial charge in [0.05, 0.1) is 0 Å². The second kappa shape index (κ2) is 37.4. The predicted octanol–water partition coefficient (Wildman–Crippen LogP) is 15.7. The Kier molecular flexibility index (Phi) is 36.9. The molecule has 0 aliphatic carbocycles. The fourth-order valence-corrected chi connectivity index (χ4v) is 8.70. The zero-order valence-corrected chi connectivity index (χ0v) is 37.7. The van der Waals surface area contributed by atoms with Crippen molar-refractivity contribution in [3.63, 3.8) is 0 Å². The molecule has 0 saturated heterocycles. The number of carbonyl (C=O) groups excluding carboxylic acids is 1. The van der Waals surface area contributed by atoms with Gasteiger partial charge in [-0.2, -0.15) is 0 Å². The van der Waals surface area contributed by atoms with Gasteiger partial charge in [0, 0.05) is 19.5 Å². The molecule has 0 aliphatic heterocycles. The molecule has 0 aromatic heterocycles. The molecule has 0 fully saturated rings. The van der Waals surface area contributed by atoms with E-state index in [2.05, 4.69) is 60.5 Å². The minimum Gasteiger partial charge on any atom is -0.346 e. The maximum Gasteiger partial charge on any atom is 0.225 e. The lowest BCUT2D eigenvalue weighted by Crippen LogP contribution is -2.38. The third-order valence-electron chi connectivity index (χ3n) is 13.2. The topological polar surface area (TPSA) is 23.6 Å². The molecular formula is C49H100N2O. The van der Waals surface area contributed by atoms with Crippen molar-refractivity contribution in [2.45, 2.75) is 247 Å². The zero-order valence-electron chi connectivity index (χ0n) is 37.7. The molecule has 0 bridgehead atoms. The van der Waals surface area contributed by atoms with Crippen LogP contribution in [0.2, 0.25) is 0 Å². The van der Waals surface area contributed by atoms with Gasteiger partial charge in [-0.15, -0.1) is 0 Å². The normalized spacial score (nSPS) is 14.3. The summed E-state index contributed by atoms with van der Waals surface area (Å²) in [5, 5.41) is 0. The van der Waals surface area contributed by atoms with Gasteiger partial charge in [0.1, 0.15) is 0 Å². The first-order valence-electron chi connectivity index (χ1n) is 24.1. The molecule has 0 N–H and O–H groups in total. The van der Waals surface area contributed by atoms with Gasteiger partial charge < -0.3 is 9.80 Å². The van der Waals surface area contributed by atoms with E-state index in [-0.39, 0.29) is 5.92 Å². The highest BCUT2D eigenvalue weighted by atomic mass is 16.2. The summed E-state index contributed by atoms with van der Waals surface area (Å²) in [7, 11) is 6.30. The van der Waals surface area contributed by atoms with E-state index in [0.29, 0.717) is 23.7 Å². The van der Waals surface area contributed by atoms with E-state index in [4.69, 9.17) is 0 Å². The molecule has 0 heterocycles. The van der Waals surface area contributed by atoms with Crippen molar-refractivity contribution < 1.29 is 4.79 Å². The van der Waals surface area contributed by atoms with Crippen molar-refractivity contribution >= 4 is 5.91 Å². The summed E-state index contributed by atoms with van der Waals surface area (Å²) in [5.74, 6) is 2.93. The summed E-state index contributed by atoms with van der Waals surface area (Å²) in [6, 6.07) is 0. The number of hydrogen-bond donors (Lipinski definition) is 0. The Labute approximate surface area is 330 Å². The van der Waals surface area contributed by atoms with E-state index in [1.54, 1.807) is 0 Å². The lowest BCUT2D eigenvalue weighted by atomic mass is 9.70. The van der Waals surface area contributed by atoms with E-state index in [1.165, 1.54) is 193 Å². The largest absolute Gasteiger partial charge is 0.346 e. The second-order valence-corrected chi connectivity index (χ2v) is 18.2. The molecule has 3 heteroatoms. The van der Waals surface area contributed by atoms with E-state index in [0.717, 1.165) is 31.8 Å². The van der Waals surface area contributed by atoms with Gasteiger partial charge in [0.15, 0.2) is 0 Å². The van der Waals surface area contributed by atoms with Crippen LogP contribution in [0.1, 0.15) is 247 Å². The van der Waals surface area contributed by atoms with Crippen molar-refractivity contribution in [2.24, 2.45) is 29.6 Å². The first kappa shape index (κ1) is 51.4. The number of nitrogens with zero attached hydrogens (tertiary/aromatic N) is 2. The minimum atomic E-state index is 0.0964. The van der Waals surface area contributed by atoms with Crippen LogP contribution < -0.4 is 0 Å². The van der Waals surface area contributed by atoms with Crippen LogP contribution in [0.3, 0.4) is 0 Å². The van der Waals surface area contributed by atoms with Crippen molar-refractivity contribution in [1.82, 2.24) is 9.80 Å². The standard InChI is InChI=1S/C49H100N2O/c1-10-12-14-16-18-20-22-24-26-28-30-32-34-36-40-48(41-37-35-33-31-29-27-25-23-21-19-17-15-13-11-2)46(5)44(3)45(4)47(6)49(52)51(9)43-39-38-42-50(7)8/h44-48H,10-43H2,1-9H3. The zero-order chi connectivity index (χ0) is 38.7. The molecule has 312 valence electrons. The average molecular weight is 733 g/mol. The van der Waals surface area contributed by atoms with Crippen LogP contribution in [0.5, 0.6) is 0 Å². The van der Waals surface area contributed by atoms with Gasteiger partial charge in [0.2, 0.25) is 5.91 Å². The first-order valence-corrected chi connectivity index (χ1v) is 24.1. The number of carbonyl (C=O) groups is 1. The van der Waals surface area contributed by atoms with E-state index in [9.17, 15) is 4.79 Å². The van der Waals surface area contributed by atoms with Crippen LogP contribution >= 0.6 is 0 Å². The maximum atomic E-state index is 13.5. The van der Waals surface area contributed by atoms with Gasteiger partial charge in [-0.25, -0.2) is 0 Å². The second-order valence-electron chi connectivity index (χ2n) is 18.2. The Hall–Kier alpha value is -0.570. The fraction of sp³-hybridized carbons (Fsp3) is 0.980. The molecule has 0 aromatic carbocycles. The summed E-state index contributed by atoms with van der Waals surface area (Å²) >= 11 is 0. The fourth-order valence-electron chi connectivity index (χ4n) is 8.70. The highest BCUT2D eigenvalue weighted by molar-refractivity contribution is 5.78. The Morgan fingerprint density at radius 3 is 1.02 bits per heavy atom. The lowest BCUT2D eigenvalue weighted by Gasteiger charge is -2.36. The van der Waals surface area contributed by atoms with Crippen LogP contribution in [0.15, 0.2) is 0 Å². The number of unbranched alkanes of at least 4 members (excludes halogenated alkanes) is 27. The molecule has 0 radical (unpaired) electrons. The molecule has 0 aliphatic rings. The molecular weight excluding hydrogens is 633 g/mol. The lowest BCUT2D eigenvalue weighted by molar-refractivity contribution is -0.136. The molecule has 0 spiro atoms. The highest BCUT2D eigenvalue weighted by Gasteiger charge is 2.32. The van der Waals surface area contributed by atoms with Gasteiger partial charge in [-0.05, 0) is 57.2 Å². The van der Waals surface area contributed by atoms with Crippen molar-refractivity contribution in [1.29, 1.82) is 0 Å². The third-order valence-corrected chi connectivity index (χ3v) is 13.2. The summed E-state index contributed by atoms with van der Waals surface area (Å²) in [6.07, 6.45) is 45.2. The number of amides is 1.